The van der Waals surface area contributed by atoms with Crippen LogP contribution in [0.15, 0.2) is 17.5 Å². The molecule has 2 aromatic rings. The maximum Gasteiger partial charge on any atom is 0.123 e. The molecular weight excluding hydrogens is 354 g/mol. The highest BCUT2D eigenvalue weighted by Gasteiger charge is 2.28. The van der Waals surface area contributed by atoms with Crippen LogP contribution in [0.2, 0.25) is 0 Å². The molecule has 1 aromatic carbocycles. The van der Waals surface area contributed by atoms with Crippen molar-refractivity contribution in [2.75, 3.05) is 26.7 Å². The van der Waals surface area contributed by atoms with E-state index in [2.05, 4.69) is 76.3 Å². The summed E-state index contributed by atoms with van der Waals surface area (Å²) in [7, 11) is 2.16. The fraction of sp³-hybridized carbons (Fsp3) is 0.591. The summed E-state index contributed by atoms with van der Waals surface area (Å²) in [6, 6.07) is 4.52. The lowest BCUT2D eigenvalue weighted by atomic mass is 9.78. The molecule has 0 amide bonds. The van der Waals surface area contributed by atoms with Gasteiger partial charge in [-0.15, -0.1) is 11.3 Å². The molecule has 2 heterocycles. The zero-order valence-electron chi connectivity index (χ0n) is 17.7. The van der Waals surface area contributed by atoms with Crippen molar-refractivity contribution in [3.63, 3.8) is 0 Å². The highest BCUT2D eigenvalue weighted by Crippen LogP contribution is 2.42. The van der Waals surface area contributed by atoms with E-state index in [-0.39, 0.29) is 10.8 Å². The van der Waals surface area contributed by atoms with Crippen LogP contribution in [0.3, 0.4) is 0 Å². The normalized spacial score (nSPS) is 19.4. The van der Waals surface area contributed by atoms with Crippen molar-refractivity contribution in [1.82, 2.24) is 15.2 Å². The minimum absolute atomic E-state index is 0.132. The molecule has 1 fully saturated rings. The van der Waals surface area contributed by atoms with Gasteiger partial charge < -0.3 is 15.3 Å². The number of phenols is 1. The first kappa shape index (κ1) is 20.3. The summed E-state index contributed by atoms with van der Waals surface area (Å²) in [4.78, 5) is 7.31. The minimum atomic E-state index is -0.132. The number of aromatic hydroxyl groups is 1. The van der Waals surface area contributed by atoms with Gasteiger partial charge in [0.25, 0.3) is 0 Å². The molecule has 1 atom stereocenters. The second-order valence-electron chi connectivity index (χ2n) is 9.76. The lowest BCUT2D eigenvalue weighted by Crippen LogP contribution is -2.43. The fourth-order valence-electron chi connectivity index (χ4n) is 3.57. The number of phenolic OH excluding ortho intramolecular Hbond substituents is 1. The highest BCUT2D eigenvalue weighted by molar-refractivity contribution is 7.10. The van der Waals surface area contributed by atoms with Crippen molar-refractivity contribution < 1.29 is 5.11 Å². The molecule has 27 heavy (non-hydrogen) atoms. The molecular formula is C22H33N3OS. The van der Waals surface area contributed by atoms with E-state index < -0.39 is 0 Å². The summed E-state index contributed by atoms with van der Waals surface area (Å²) in [6.07, 6.45) is 0. The van der Waals surface area contributed by atoms with Crippen LogP contribution in [0.1, 0.15) is 63.7 Å². The lowest BCUT2D eigenvalue weighted by Gasteiger charge is -2.29. The van der Waals surface area contributed by atoms with Crippen molar-refractivity contribution in [3.05, 3.63) is 33.6 Å². The Bertz CT molecular complexity index is 779. The summed E-state index contributed by atoms with van der Waals surface area (Å²) in [5.41, 5.74) is 3.79. The zero-order valence-corrected chi connectivity index (χ0v) is 18.5. The Labute approximate surface area is 167 Å². The van der Waals surface area contributed by atoms with Crippen molar-refractivity contribution in [2.45, 2.75) is 58.4 Å². The maximum absolute atomic E-state index is 10.9. The van der Waals surface area contributed by atoms with E-state index >= 15 is 0 Å². The third-order valence-corrected chi connectivity index (χ3v) is 6.18. The Morgan fingerprint density at radius 1 is 1.11 bits per heavy atom. The van der Waals surface area contributed by atoms with Crippen molar-refractivity contribution in [3.8, 4) is 17.0 Å². The first-order valence-corrected chi connectivity index (χ1v) is 10.6. The van der Waals surface area contributed by atoms with Gasteiger partial charge in [-0.1, -0.05) is 41.5 Å². The number of thiazole rings is 1. The molecule has 1 unspecified atom stereocenters. The number of aromatic nitrogens is 1. The highest BCUT2D eigenvalue weighted by atomic mass is 32.1. The monoisotopic (exact) mass is 387 g/mol. The molecule has 1 aliphatic heterocycles. The van der Waals surface area contributed by atoms with Gasteiger partial charge in [0, 0.05) is 41.7 Å². The van der Waals surface area contributed by atoms with Crippen molar-refractivity contribution >= 4 is 11.3 Å². The quantitative estimate of drug-likeness (QED) is 0.785. The predicted octanol–water partition coefficient (Wildman–Crippen LogP) is 4.69. The second-order valence-corrected chi connectivity index (χ2v) is 10.6. The van der Waals surface area contributed by atoms with Crippen molar-refractivity contribution in [2.24, 2.45) is 0 Å². The van der Waals surface area contributed by atoms with E-state index in [1.165, 1.54) is 0 Å². The standard InChI is InChI=1S/C22H33N3OS/c1-21(2,3)15-10-14(11-16(19(15)26)22(4,5)6)18-13-27-20(24-18)17-12-25(7)9-8-23-17/h10-11,13,17,23,26H,8-9,12H2,1-7H3. The minimum Gasteiger partial charge on any atom is -0.507 e. The summed E-state index contributed by atoms with van der Waals surface area (Å²) >= 11 is 1.72. The molecule has 0 bridgehead atoms. The molecule has 1 aliphatic rings. The van der Waals surface area contributed by atoms with Crippen LogP contribution >= 0.6 is 11.3 Å². The Kier molecular flexibility index (Phi) is 5.41. The number of hydrogen-bond donors (Lipinski definition) is 2. The Morgan fingerprint density at radius 2 is 1.70 bits per heavy atom. The molecule has 0 aliphatic carbocycles. The second kappa shape index (κ2) is 7.19. The van der Waals surface area contributed by atoms with E-state index in [4.69, 9.17) is 4.98 Å². The van der Waals surface area contributed by atoms with Gasteiger partial charge in [-0.3, -0.25) is 0 Å². The molecule has 5 heteroatoms. The lowest BCUT2D eigenvalue weighted by molar-refractivity contribution is 0.240. The van der Waals surface area contributed by atoms with Crippen LogP contribution < -0.4 is 5.32 Å². The first-order valence-electron chi connectivity index (χ1n) is 9.72. The number of nitrogens with zero attached hydrogens (tertiary/aromatic N) is 2. The third kappa shape index (κ3) is 4.36. The van der Waals surface area contributed by atoms with Crippen LogP contribution in [0.5, 0.6) is 5.75 Å². The maximum atomic E-state index is 10.9. The molecule has 1 aromatic heterocycles. The Hall–Kier alpha value is -1.43. The molecule has 148 valence electrons. The van der Waals surface area contributed by atoms with Crippen LogP contribution in [-0.2, 0) is 10.8 Å². The number of hydrogen-bond acceptors (Lipinski definition) is 5. The van der Waals surface area contributed by atoms with Crippen LogP contribution in [0.4, 0.5) is 0 Å². The van der Waals surface area contributed by atoms with Gasteiger partial charge in [0.15, 0.2) is 0 Å². The largest absolute Gasteiger partial charge is 0.507 e. The number of piperazine rings is 1. The summed E-state index contributed by atoms with van der Waals surface area (Å²) < 4.78 is 0. The Balaban J connectivity index is 2.04. The van der Waals surface area contributed by atoms with Crippen LogP contribution in [0.25, 0.3) is 11.3 Å². The third-order valence-electron chi connectivity index (χ3n) is 5.22. The molecule has 4 nitrogen and oxygen atoms in total. The van der Waals surface area contributed by atoms with E-state index in [1.807, 2.05) is 0 Å². The Morgan fingerprint density at radius 3 is 2.22 bits per heavy atom. The molecule has 1 saturated heterocycles. The predicted molar refractivity (Wildman–Crippen MR) is 115 cm³/mol. The molecule has 2 N–H and O–H groups in total. The molecule has 0 radical (unpaired) electrons. The van der Waals surface area contributed by atoms with E-state index in [1.54, 1.807) is 11.3 Å². The molecule has 3 rings (SSSR count). The van der Waals surface area contributed by atoms with E-state index in [9.17, 15) is 5.11 Å². The molecule has 0 saturated carbocycles. The topological polar surface area (TPSA) is 48.4 Å². The number of rotatable bonds is 2. The van der Waals surface area contributed by atoms with E-state index in [0.717, 1.165) is 47.0 Å². The van der Waals surface area contributed by atoms with Gasteiger partial charge in [0.1, 0.15) is 10.8 Å². The van der Waals surface area contributed by atoms with Gasteiger partial charge in [-0.05, 0) is 30.0 Å². The van der Waals surface area contributed by atoms with Gasteiger partial charge in [-0.25, -0.2) is 4.98 Å². The first-order chi connectivity index (χ1) is 12.5. The van der Waals surface area contributed by atoms with Crippen molar-refractivity contribution in [1.29, 1.82) is 0 Å². The van der Waals surface area contributed by atoms with E-state index in [0.29, 0.717) is 11.8 Å². The number of nitrogens with one attached hydrogen (secondary N) is 1. The van der Waals surface area contributed by atoms with Gasteiger partial charge in [0.05, 0.1) is 11.7 Å². The number of benzene rings is 1. The average molecular weight is 388 g/mol. The zero-order chi connectivity index (χ0) is 20.0. The SMILES string of the molecule is CN1CCNC(c2nc(-c3cc(C(C)(C)C)c(O)c(C(C)(C)C)c3)cs2)C1. The fourth-order valence-corrected chi connectivity index (χ4v) is 4.46. The smallest absolute Gasteiger partial charge is 0.123 e. The molecule has 0 spiro atoms. The average Bonchev–Trinajstić information content (AvgIpc) is 3.03. The summed E-state index contributed by atoms with van der Waals surface area (Å²) in [5, 5.41) is 17.8. The van der Waals surface area contributed by atoms with Gasteiger partial charge >= 0.3 is 0 Å². The number of likely N-dealkylation sites (N-methyl/N-ethyl adjacent to an activating group) is 1. The van der Waals surface area contributed by atoms with Crippen LogP contribution in [0, 0.1) is 0 Å². The van der Waals surface area contributed by atoms with Gasteiger partial charge in [0.2, 0.25) is 0 Å². The van der Waals surface area contributed by atoms with Crippen LogP contribution in [-0.4, -0.2) is 41.7 Å². The van der Waals surface area contributed by atoms with Gasteiger partial charge in [-0.2, -0.15) is 0 Å². The summed E-state index contributed by atoms with van der Waals surface area (Å²) in [6.45, 7) is 15.9. The summed E-state index contributed by atoms with van der Waals surface area (Å²) in [5.74, 6) is 0.421.